The zero-order valence-electron chi connectivity index (χ0n) is 14.7. The summed E-state index contributed by atoms with van der Waals surface area (Å²) in [6.45, 7) is 2.25. The Balaban J connectivity index is 1.52. The number of aromatic nitrogens is 2. The molecule has 1 aliphatic heterocycles. The van der Waals surface area contributed by atoms with E-state index in [0.29, 0.717) is 30.3 Å². The maximum absolute atomic E-state index is 13.8. The van der Waals surface area contributed by atoms with E-state index in [4.69, 9.17) is 4.52 Å². The number of amides is 1. The molecule has 0 radical (unpaired) electrons. The molecule has 8 heteroatoms. The van der Waals surface area contributed by atoms with Gasteiger partial charge in [0.2, 0.25) is 5.89 Å². The quantitative estimate of drug-likeness (QED) is 0.853. The first-order valence-electron chi connectivity index (χ1n) is 8.76. The average molecular weight is 364 g/mol. The molecule has 1 aromatic heterocycles. The largest absolute Gasteiger partial charge is 0.352 e. The molecule has 1 fully saturated rings. The number of nitrogens with zero attached hydrogens (tertiary/aromatic N) is 3. The van der Waals surface area contributed by atoms with Crippen LogP contribution in [0, 0.1) is 17.6 Å². The first kappa shape index (κ1) is 18.4. The van der Waals surface area contributed by atoms with E-state index in [1.807, 2.05) is 0 Å². The van der Waals surface area contributed by atoms with Gasteiger partial charge < -0.3 is 9.84 Å². The molecular weight excluding hydrogens is 342 g/mol. The molecule has 0 spiro atoms. The van der Waals surface area contributed by atoms with E-state index in [1.165, 1.54) is 19.2 Å². The second-order valence-electron chi connectivity index (χ2n) is 6.61. The van der Waals surface area contributed by atoms with Crippen molar-refractivity contribution in [2.24, 2.45) is 5.92 Å². The van der Waals surface area contributed by atoms with Gasteiger partial charge in [-0.3, -0.25) is 9.69 Å². The lowest BCUT2D eigenvalue weighted by atomic mass is 9.91. The number of rotatable bonds is 6. The fourth-order valence-electron chi connectivity index (χ4n) is 3.33. The van der Waals surface area contributed by atoms with Crippen LogP contribution in [0.1, 0.15) is 41.3 Å². The van der Waals surface area contributed by atoms with Crippen molar-refractivity contribution in [3.05, 3.63) is 47.1 Å². The van der Waals surface area contributed by atoms with Crippen molar-refractivity contribution in [3.63, 3.8) is 0 Å². The number of likely N-dealkylation sites (tertiary alicyclic amines) is 1. The highest BCUT2D eigenvalue weighted by atomic mass is 19.1. The van der Waals surface area contributed by atoms with Crippen molar-refractivity contribution in [1.82, 2.24) is 20.4 Å². The zero-order chi connectivity index (χ0) is 18.5. The van der Waals surface area contributed by atoms with Gasteiger partial charge in [-0.25, -0.2) is 8.78 Å². The molecule has 3 rings (SSSR count). The van der Waals surface area contributed by atoms with E-state index in [1.54, 1.807) is 0 Å². The van der Waals surface area contributed by atoms with Crippen LogP contribution in [0.25, 0.3) is 0 Å². The van der Waals surface area contributed by atoms with Gasteiger partial charge in [0.05, 0.1) is 6.54 Å². The number of carbonyl (C=O) groups excluding carboxylic acids is 1. The first-order valence-corrected chi connectivity index (χ1v) is 8.76. The highest BCUT2D eigenvalue weighted by Gasteiger charge is 2.22. The Kier molecular flexibility index (Phi) is 5.92. The molecule has 1 N–H and O–H groups in total. The second-order valence-corrected chi connectivity index (χ2v) is 6.61. The van der Waals surface area contributed by atoms with Gasteiger partial charge in [-0.15, -0.1) is 0 Å². The number of aryl methyl sites for hydroxylation is 1. The van der Waals surface area contributed by atoms with E-state index in [-0.39, 0.29) is 11.7 Å². The minimum absolute atomic E-state index is 0.0304. The van der Waals surface area contributed by atoms with E-state index in [9.17, 15) is 13.6 Å². The smallest absolute Gasteiger partial charge is 0.292 e. The zero-order valence-corrected chi connectivity index (χ0v) is 14.7. The average Bonchev–Trinajstić information content (AvgIpc) is 3.09. The minimum atomic E-state index is -0.550. The maximum atomic E-state index is 13.8. The van der Waals surface area contributed by atoms with E-state index in [0.717, 1.165) is 38.4 Å². The third kappa shape index (κ3) is 4.63. The van der Waals surface area contributed by atoms with Crippen LogP contribution in [-0.2, 0) is 13.0 Å². The van der Waals surface area contributed by atoms with E-state index >= 15 is 0 Å². The van der Waals surface area contributed by atoms with Crippen molar-refractivity contribution in [2.75, 3.05) is 20.1 Å². The molecule has 140 valence electrons. The SMILES string of the molecule is CNC(=O)c1noc(CN2CCCC(CCc3ccc(F)cc3F)C2)n1. The summed E-state index contributed by atoms with van der Waals surface area (Å²) in [5.74, 6) is -0.542. The number of carbonyl (C=O) groups is 1. The van der Waals surface area contributed by atoms with Crippen LogP contribution in [0.5, 0.6) is 0 Å². The Morgan fingerprint density at radius 1 is 1.42 bits per heavy atom. The Labute approximate surface area is 150 Å². The fraction of sp³-hybridized carbons (Fsp3) is 0.500. The van der Waals surface area contributed by atoms with Crippen molar-refractivity contribution in [2.45, 2.75) is 32.2 Å². The lowest BCUT2D eigenvalue weighted by Gasteiger charge is -2.31. The number of hydrogen-bond acceptors (Lipinski definition) is 5. The molecule has 1 aromatic carbocycles. The Bertz CT molecular complexity index is 765. The van der Waals surface area contributed by atoms with Crippen molar-refractivity contribution < 1.29 is 18.1 Å². The summed E-state index contributed by atoms with van der Waals surface area (Å²) >= 11 is 0. The van der Waals surface area contributed by atoms with Gasteiger partial charge in [0.15, 0.2) is 0 Å². The van der Waals surface area contributed by atoms with Gasteiger partial charge in [0, 0.05) is 19.7 Å². The summed E-state index contributed by atoms with van der Waals surface area (Å²) in [5.41, 5.74) is 0.552. The molecular formula is C18H22F2N4O2. The molecule has 6 nitrogen and oxygen atoms in total. The van der Waals surface area contributed by atoms with Crippen LogP contribution in [0.2, 0.25) is 0 Å². The molecule has 0 aliphatic carbocycles. The lowest BCUT2D eigenvalue weighted by molar-refractivity contribution is 0.0950. The Morgan fingerprint density at radius 3 is 3.04 bits per heavy atom. The summed E-state index contributed by atoms with van der Waals surface area (Å²) in [6.07, 6.45) is 3.54. The van der Waals surface area contributed by atoms with Crippen LogP contribution >= 0.6 is 0 Å². The number of piperidine rings is 1. The van der Waals surface area contributed by atoms with Crippen LogP contribution in [0.4, 0.5) is 8.78 Å². The molecule has 1 aliphatic rings. The third-order valence-corrected chi connectivity index (χ3v) is 4.70. The summed E-state index contributed by atoms with van der Waals surface area (Å²) < 4.78 is 31.9. The molecule has 1 unspecified atom stereocenters. The highest BCUT2D eigenvalue weighted by Crippen LogP contribution is 2.23. The van der Waals surface area contributed by atoms with E-state index in [2.05, 4.69) is 20.4 Å². The lowest BCUT2D eigenvalue weighted by Crippen LogP contribution is -2.35. The molecule has 1 amide bonds. The van der Waals surface area contributed by atoms with Gasteiger partial charge in [-0.2, -0.15) is 4.98 Å². The van der Waals surface area contributed by atoms with E-state index < -0.39 is 11.6 Å². The topological polar surface area (TPSA) is 71.3 Å². The monoisotopic (exact) mass is 364 g/mol. The molecule has 26 heavy (non-hydrogen) atoms. The molecule has 1 atom stereocenters. The number of nitrogens with one attached hydrogen (secondary N) is 1. The Hall–Kier alpha value is -2.35. The summed E-state index contributed by atoms with van der Waals surface area (Å²) in [5, 5.41) is 6.12. The number of benzene rings is 1. The predicted octanol–water partition coefficient (Wildman–Crippen LogP) is 2.55. The van der Waals surface area contributed by atoms with Gasteiger partial charge in [-0.1, -0.05) is 11.2 Å². The number of halogens is 2. The van der Waals surface area contributed by atoms with Gasteiger partial charge in [0.1, 0.15) is 11.6 Å². The third-order valence-electron chi connectivity index (χ3n) is 4.70. The summed E-state index contributed by atoms with van der Waals surface area (Å²) in [7, 11) is 1.51. The Morgan fingerprint density at radius 2 is 2.27 bits per heavy atom. The first-order chi connectivity index (χ1) is 12.5. The van der Waals surface area contributed by atoms with Crippen LogP contribution in [-0.4, -0.2) is 41.1 Å². The molecule has 2 heterocycles. The summed E-state index contributed by atoms with van der Waals surface area (Å²) in [4.78, 5) is 17.8. The fourth-order valence-corrected chi connectivity index (χ4v) is 3.33. The maximum Gasteiger partial charge on any atom is 0.292 e. The predicted molar refractivity (Wildman–Crippen MR) is 90.4 cm³/mol. The number of hydrogen-bond donors (Lipinski definition) is 1. The van der Waals surface area contributed by atoms with Crippen molar-refractivity contribution in [3.8, 4) is 0 Å². The van der Waals surface area contributed by atoms with Crippen molar-refractivity contribution >= 4 is 5.91 Å². The standard InChI is InChI=1S/C18H22F2N4O2/c1-21-18(25)17-22-16(26-23-17)11-24-8-2-3-12(10-24)4-5-13-6-7-14(19)9-15(13)20/h6-7,9,12H,2-5,8,10-11H2,1H3,(H,21,25). The highest BCUT2D eigenvalue weighted by molar-refractivity contribution is 5.89. The van der Waals surface area contributed by atoms with Crippen LogP contribution in [0.15, 0.2) is 22.7 Å². The normalized spacial score (nSPS) is 18.0. The molecule has 0 bridgehead atoms. The van der Waals surface area contributed by atoms with Gasteiger partial charge >= 0.3 is 0 Å². The molecule has 1 saturated heterocycles. The van der Waals surface area contributed by atoms with Gasteiger partial charge in [-0.05, 0) is 49.8 Å². The molecule has 2 aromatic rings. The van der Waals surface area contributed by atoms with Crippen LogP contribution < -0.4 is 5.32 Å². The summed E-state index contributed by atoms with van der Waals surface area (Å²) in [6, 6.07) is 3.75. The van der Waals surface area contributed by atoms with Gasteiger partial charge in [0.25, 0.3) is 11.7 Å². The molecule has 0 saturated carbocycles. The second kappa shape index (κ2) is 8.35. The minimum Gasteiger partial charge on any atom is -0.352 e. The van der Waals surface area contributed by atoms with Crippen molar-refractivity contribution in [1.29, 1.82) is 0 Å². The van der Waals surface area contributed by atoms with Crippen LogP contribution in [0.3, 0.4) is 0 Å².